The number of rotatable bonds is 5. The van der Waals surface area contributed by atoms with Crippen LogP contribution in [0.4, 0.5) is 0 Å². The molecule has 0 spiro atoms. The summed E-state index contributed by atoms with van der Waals surface area (Å²) in [6, 6.07) is 0. The van der Waals surface area contributed by atoms with E-state index in [0.29, 0.717) is 0 Å². The van der Waals surface area contributed by atoms with Gasteiger partial charge in [0, 0.05) is 12.4 Å². The Labute approximate surface area is 78.6 Å². The molecule has 0 aliphatic heterocycles. The molecule has 0 fully saturated rings. The van der Waals surface area contributed by atoms with Crippen LogP contribution >= 0.6 is 15.9 Å². The van der Waals surface area contributed by atoms with E-state index in [0.717, 1.165) is 17.7 Å². The van der Waals surface area contributed by atoms with Crippen LogP contribution in [0.3, 0.4) is 0 Å². The Hall–Kier alpha value is 0.440. The number of hydrogen-bond acceptors (Lipinski definition) is 1. The first-order chi connectivity index (χ1) is 5.05. The van der Waals surface area contributed by atoms with E-state index in [1.54, 1.807) is 7.11 Å². The molecule has 0 aromatic heterocycles. The summed E-state index contributed by atoms with van der Waals surface area (Å²) >= 11 is 3.50. The van der Waals surface area contributed by atoms with E-state index >= 15 is 0 Å². The van der Waals surface area contributed by atoms with Crippen LogP contribution in [0.15, 0.2) is 0 Å². The molecule has 68 valence electrons. The van der Waals surface area contributed by atoms with Crippen molar-refractivity contribution in [2.75, 3.05) is 12.4 Å². The highest BCUT2D eigenvalue weighted by molar-refractivity contribution is 9.09. The Morgan fingerprint density at radius 2 is 2.00 bits per heavy atom. The summed E-state index contributed by atoms with van der Waals surface area (Å²) in [6.45, 7) is 6.49. The quantitative estimate of drug-likeness (QED) is 0.650. The second-order valence-corrected chi connectivity index (χ2v) is 4.24. The van der Waals surface area contributed by atoms with Gasteiger partial charge in [-0.05, 0) is 26.2 Å². The van der Waals surface area contributed by atoms with Gasteiger partial charge in [0.25, 0.3) is 0 Å². The molecule has 1 nitrogen and oxygen atoms in total. The van der Waals surface area contributed by atoms with Crippen LogP contribution in [-0.4, -0.2) is 18.0 Å². The predicted molar refractivity (Wildman–Crippen MR) is 53.3 cm³/mol. The van der Waals surface area contributed by atoms with E-state index in [2.05, 4.69) is 36.7 Å². The van der Waals surface area contributed by atoms with Crippen LogP contribution in [0.25, 0.3) is 0 Å². The number of ether oxygens (including phenoxy) is 1. The molecule has 2 heteroatoms. The van der Waals surface area contributed by atoms with E-state index in [9.17, 15) is 0 Å². The summed E-state index contributed by atoms with van der Waals surface area (Å²) in [5, 5.41) is 1.08. The molecule has 0 aromatic rings. The van der Waals surface area contributed by atoms with E-state index in [1.165, 1.54) is 6.42 Å². The molecule has 0 radical (unpaired) electrons. The van der Waals surface area contributed by atoms with Crippen molar-refractivity contribution in [1.29, 1.82) is 0 Å². The molecule has 0 rings (SSSR count). The third kappa shape index (κ3) is 4.81. The fraction of sp³-hybridized carbons (Fsp3) is 1.00. The smallest absolute Gasteiger partial charge is 0.0625 e. The van der Waals surface area contributed by atoms with E-state index in [-0.39, 0.29) is 5.60 Å². The van der Waals surface area contributed by atoms with Crippen molar-refractivity contribution in [3.8, 4) is 0 Å². The summed E-state index contributed by atoms with van der Waals surface area (Å²) in [5.41, 5.74) is 0.0362. The Balaban J connectivity index is 3.79. The molecule has 0 saturated carbocycles. The minimum atomic E-state index is 0.0362. The topological polar surface area (TPSA) is 9.23 Å². The second-order valence-electron chi connectivity index (χ2n) is 3.60. The molecule has 11 heavy (non-hydrogen) atoms. The lowest BCUT2D eigenvalue weighted by Crippen LogP contribution is -2.26. The van der Waals surface area contributed by atoms with Crippen molar-refractivity contribution >= 4 is 15.9 Å². The minimum absolute atomic E-state index is 0.0362. The standard InChI is InChI=1S/C9H19BrO/c1-5-8(7-10)6-9(2,3)11-4/h8H,5-7H2,1-4H3. The first-order valence-electron chi connectivity index (χ1n) is 4.17. The Bertz CT molecular complexity index is 97.7. The van der Waals surface area contributed by atoms with Crippen LogP contribution in [0.1, 0.15) is 33.6 Å². The van der Waals surface area contributed by atoms with Gasteiger partial charge in [0.2, 0.25) is 0 Å². The number of alkyl halides is 1. The molecule has 0 aromatic carbocycles. The van der Waals surface area contributed by atoms with Gasteiger partial charge in [-0.15, -0.1) is 0 Å². The van der Waals surface area contributed by atoms with Crippen LogP contribution < -0.4 is 0 Å². The number of halogens is 1. The first-order valence-corrected chi connectivity index (χ1v) is 5.29. The molecule has 0 aliphatic carbocycles. The maximum absolute atomic E-state index is 5.35. The average Bonchev–Trinajstić information content (AvgIpc) is 2.00. The maximum Gasteiger partial charge on any atom is 0.0625 e. The van der Waals surface area contributed by atoms with Crippen LogP contribution in [0.5, 0.6) is 0 Å². The van der Waals surface area contributed by atoms with E-state index in [1.807, 2.05) is 0 Å². The zero-order valence-corrected chi connectivity index (χ0v) is 9.57. The molecule has 1 unspecified atom stereocenters. The van der Waals surface area contributed by atoms with Gasteiger partial charge >= 0.3 is 0 Å². The van der Waals surface area contributed by atoms with Gasteiger partial charge in [-0.25, -0.2) is 0 Å². The van der Waals surface area contributed by atoms with Gasteiger partial charge in [-0.2, -0.15) is 0 Å². The van der Waals surface area contributed by atoms with Crippen LogP contribution in [0, 0.1) is 5.92 Å². The summed E-state index contributed by atoms with van der Waals surface area (Å²) in [4.78, 5) is 0. The highest BCUT2D eigenvalue weighted by Crippen LogP contribution is 2.23. The van der Waals surface area contributed by atoms with Gasteiger partial charge in [-0.1, -0.05) is 29.3 Å². The molecule has 0 N–H and O–H groups in total. The summed E-state index contributed by atoms with van der Waals surface area (Å²) in [5.74, 6) is 0.741. The molecule has 0 saturated heterocycles. The third-order valence-corrected chi connectivity index (χ3v) is 3.04. The Kier molecular flexibility index (Phi) is 5.36. The monoisotopic (exact) mass is 222 g/mol. The van der Waals surface area contributed by atoms with Crippen molar-refractivity contribution in [2.24, 2.45) is 5.92 Å². The summed E-state index contributed by atoms with van der Waals surface area (Å²) in [6.07, 6.45) is 2.35. The lowest BCUT2D eigenvalue weighted by atomic mass is 9.93. The summed E-state index contributed by atoms with van der Waals surface area (Å²) in [7, 11) is 1.78. The maximum atomic E-state index is 5.35. The van der Waals surface area contributed by atoms with Crippen LogP contribution in [-0.2, 0) is 4.74 Å². The van der Waals surface area contributed by atoms with Gasteiger partial charge in [0.05, 0.1) is 5.60 Å². The van der Waals surface area contributed by atoms with Crippen molar-refractivity contribution in [3.63, 3.8) is 0 Å². The molecule has 0 bridgehead atoms. The minimum Gasteiger partial charge on any atom is -0.379 e. The Morgan fingerprint density at radius 1 is 1.45 bits per heavy atom. The predicted octanol–water partition coefficient (Wildman–Crippen LogP) is 3.22. The van der Waals surface area contributed by atoms with Crippen molar-refractivity contribution in [1.82, 2.24) is 0 Å². The van der Waals surface area contributed by atoms with Crippen molar-refractivity contribution in [2.45, 2.75) is 39.2 Å². The average molecular weight is 223 g/mol. The molecule has 0 aliphatic rings. The van der Waals surface area contributed by atoms with E-state index < -0.39 is 0 Å². The first kappa shape index (κ1) is 11.4. The SMILES string of the molecule is CCC(CBr)CC(C)(C)OC. The Morgan fingerprint density at radius 3 is 2.27 bits per heavy atom. The number of hydrogen-bond donors (Lipinski definition) is 0. The molecule has 1 atom stereocenters. The zero-order valence-electron chi connectivity index (χ0n) is 7.98. The number of methoxy groups -OCH3 is 1. The highest BCUT2D eigenvalue weighted by atomic mass is 79.9. The van der Waals surface area contributed by atoms with Crippen LogP contribution in [0.2, 0.25) is 0 Å². The van der Waals surface area contributed by atoms with Crippen molar-refractivity contribution in [3.05, 3.63) is 0 Å². The molecular weight excluding hydrogens is 204 g/mol. The van der Waals surface area contributed by atoms with Gasteiger partial charge in [-0.3, -0.25) is 0 Å². The largest absolute Gasteiger partial charge is 0.379 e. The fourth-order valence-corrected chi connectivity index (χ4v) is 1.77. The summed E-state index contributed by atoms with van der Waals surface area (Å²) < 4.78 is 5.35. The van der Waals surface area contributed by atoms with Crippen molar-refractivity contribution < 1.29 is 4.74 Å². The highest BCUT2D eigenvalue weighted by Gasteiger charge is 2.20. The normalized spacial score (nSPS) is 15.0. The van der Waals surface area contributed by atoms with Gasteiger partial charge < -0.3 is 4.74 Å². The molecule has 0 heterocycles. The molecular formula is C9H19BrO. The van der Waals surface area contributed by atoms with Gasteiger partial charge in [0.1, 0.15) is 0 Å². The molecule has 0 amide bonds. The lowest BCUT2D eigenvalue weighted by molar-refractivity contribution is 0.00412. The second kappa shape index (κ2) is 5.15. The van der Waals surface area contributed by atoms with E-state index in [4.69, 9.17) is 4.74 Å². The fourth-order valence-electron chi connectivity index (χ4n) is 1.09. The third-order valence-electron chi connectivity index (χ3n) is 2.13. The lowest BCUT2D eigenvalue weighted by Gasteiger charge is -2.26. The zero-order chi connectivity index (χ0) is 8.91. The van der Waals surface area contributed by atoms with Gasteiger partial charge in [0.15, 0.2) is 0 Å².